The van der Waals surface area contributed by atoms with E-state index in [1.54, 1.807) is 12.1 Å². The number of rotatable bonds is 5. The van der Waals surface area contributed by atoms with Gasteiger partial charge in [-0.3, -0.25) is 4.79 Å². The summed E-state index contributed by atoms with van der Waals surface area (Å²) < 4.78 is 13.2. The summed E-state index contributed by atoms with van der Waals surface area (Å²) in [7, 11) is 0. The lowest BCUT2D eigenvalue weighted by atomic mass is 9.71. The first-order chi connectivity index (χ1) is 15.2. The summed E-state index contributed by atoms with van der Waals surface area (Å²) in [4.78, 5) is 18.4. The maximum atomic E-state index is 13.8. The lowest BCUT2D eigenvalue weighted by molar-refractivity contribution is -0.140. The number of nitrogens with zero attached hydrogens (tertiary/aromatic N) is 2. The molecule has 1 aliphatic carbocycles. The maximum absolute atomic E-state index is 13.8. The fourth-order valence-corrected chi connectivity index (χ4v) is 5.80. The Morgan fingerprint density at radius 2 is 1.58 bits per heavy atom. The highest BCUT2D eigenvalue weighted by molar-refractivity contribution is 5.88. The van der Waals surface area contributed by atoms with Gasteiger partial charge < -0.3 is 9.80 Å². The number of hydrogen-bond acceptors (Lipinski definition) is 2. The Morgan fingerprint density at radius 1 is 0.903 bits per heavy atom. The summed E-state index contributed by atoms with van der Waals surface area (Å²) in [5, 5.41) is 0. The number of carbonyl (C=O) groups is 1. The minimum absolute atomic E-state index is 0.160. The van der Waals surface area contributed by atoms with E-state index >= 15 is 0 Å². The van der Waals surface area contributed by atoms with Gasteiger partial charge in [0.1, 0.15) is 5.82 Å². The fourth-order valence-electron chi connectivity index (χ4n) is 5.80. The third-order valence-electron chi connectivity index (χ3n) is 7.80. The second kappa shape index (κ2) is 8.74. The molecule has 31 heavy (non-hydrogen) atoms. The van der Waals surface area contributed by atoms with Crippen molar-refractivity contribution in [3.05, 3.63) is 71.5 Å². The second-order valence-electron chi connectivity index (χ2n) is 9.76. The van der Waals surface area contributed by atoms with Gasteiger partial charge in [-0.25, -0.2) is 4.39 Å². The molecule has 3 fully saturated rings. The summed E-state index contributed by atoms with van der Waals surface area (Å²) in [5.74, 6) is 1.42. The second-order valence-corrected chi connectivity index (χ2v) is 9.76. The zero-order valence-corrected chi connectivity index (χ0v) is 18.3. The monoisotopic (exact) mass is 420 g/mol. The van der Waals surface area contributed by atoms with Gasteiger partial charge in [0.05, 0.1) is 5.41 Å². The van der Waals surface area contributed by atoms with Crippen molar-refractivity contribution in [2.24, 2.45) is 5.92 Å². The molecule has 4 heteroatoms. The molecule has 0 unspecified atom stereocenters. The molecule has 3 aliphatic rings. The number of hydrogen-bond donors (Lipinski definition) is 0. The standard InChI is InChI=1S/C27H33FN2O/c28-24-11-9-21(10-12-24)25-19-22(25)20-29-17-13-27(14-18-29,23-7-3-1-4-8-23)26(31)30-15-5-2-6-16-30/h1,3-4,7-12,22,25H,2,5-6,13-20H2/t22-,25+/m0/s1. The molecule has 164 valence electrons. The fraction of sp³-hybridized carbons (Fsp3) is 0.519. The van der Waals surface area contributed by atoms with Crippen LogP contribution in [0.25, 0.3) is 0 Å². The molecule has 0 N–H and O–H groups in total. The van der Waals surface area contributed by atoms with Crippen molar-refractivity contribution < 1.29 is 9.18 Å². The van der Waals surface area contributed by atoms with Crippen LogP contribution < -0.4 is 0 Å². The molecule has 1 saturated carbocycles. The molecule has 0 aromatic heterocycles. The highest BCUT2D eigenvalue weighted by atomic mass is 19.1. The van der Waals surface area contributed by atoms with E-state index in [-0.39, 0.29) is 11.2 Å². The Labute approximate surface area is 185 Å². The summed E-state index contributed by atoms with van der Waals surface area (Å²) in [6, 6.07) is 17.5. The van der Waals surface area contributed by atoms with Crippen LogP contribution >= 0.6 is 0 Å². The van der Waals surface area contributed by atoms with Crippen LogP contribution in [0.15, 0.2) is 54.6 Å². The number of benzene rings is 2. The first-order valence-corrected chi connectivity index (χ1v) is 12.0. The summed E-state index contributed by atoms with van der Waals surface area (Å²) in [6.07, 6.45) is 6.51. The topological polar surface area (TPSA) is 23.6 Å². The molecule has 0 spiro atoms. The van der Waals surface area contributed by atoms with Gasteiger partial charge in [-0.2, -0.15) is 0 Å². The van der Waals surface area contributed by atoms with Crippen molar-refractivity contribution >= 4 is 5.91 Å². The van der Waals surface area contributed by atoms with Crippen molar-refractivity contribution in [1.82, 2.24) is 9.80 Å². The van der Waals surface area contributed by atoms with Crippen molar-refractivity contribution in [3.8, 4) is 0 Å². The third-order valence-corrected chi connectivity index (χ3v) is 7.80. The number of likely N-dealkylation sites (tertiary alicyclic amines) is 2. The van der Waals surface area contributed by atoms with E-state index in [0.29, 0.717) is 17.7 Å². The number of halogens is 1. The van der Waals surface area contributed by atoms with Gasteiger partial charge in [-0.15, -0.1) is 0 Å². The number of piperidine rings is 2. The number of carbonyl (C=O) groups excluding carboxylic acids is 1. The summed E-state index contributed by atoms with van der Waals surface area (Å²) in [5.41, 5.74) is 2.10. The minimum atomic E-state index is -0.366. The van der Waals surface area contributed by atoms with Crippen LogP contribution in [0.3, 0.4) is 0 Å². The predicted molar refractivity (Wildman–Crippen MR) is 121 cm³/mol. The van der Waals surface area contributed by atoms with E-state index in [1.165, 1.54) is 24.0 Å². The van der Waals surface area contributed by atoms with E-state index in [0.717, 1.165) is 58.4 Å². The molecule has 2 heterocycles. The maximum Gasteiger partial charge on any atom is 0.233 e. The van der Waals surface area contributed by atoms with Gasteiger partial charge in [0.25, 0.3) is 0 Å². The first-order valence-electron chi connectivity index (χ1n) is 12.0. The first kappa shape index (κ1) is 20.7. The lowest BCUT2D eigenvalue weighted by Gasteiger charge is -2.44. The lowest BCUT2D eigenvalue weighted by Crippen LogP contribution is -2.54. The minimum Gasteiger partial charge on any atom is -0.342 e. The summed E-state index contributed by atoms with van der Waals surface area (Å²) in [6.45, 7) is 4.87. The average Bonchev–Trinajstić information content (AvgIpc) is 3.60. The van der Waals surface area contributed by atoms with Crippen LogP contribution in [0.1, 0.15) is 55.6 Å². The van der Waals surface area contributed by atoms with Crippen molar-refractivity contribution in [3.63, 3.8) is 0 Å². The molecular formula is C27H33FN2O. The zero-order chi connectivity index (χ0) is 21.3. The van der Waals surface area contributed by atoms with E-state index in [9.17, 15) is 9.18 Å². The van der Waals surface area contributed by atoms with Crippen LogP contribution in [0.5, 0.6) is 0 Å². The molecule has 0 bridgehead atoms. The quantitative estimate of drug-likeness (QED) is 0.681. The molecule has 2 saturated heterocycles. The molecule has 1 amide bonds. The predicted octanol–water partition coefficient (Wildman–Crippen LogP) is 4.98. The van der Waals surface area contributed by atoms with Crippen LogP contribution in [-0.2, 0) is 10.2 Å². The van der Waals surface area contributed by atoms with Gasteiger partial charge in [-0.05, 0) is 86.7 Å². The molecule has 2 aromatic rings. The molecule has 5 rings (SSSR count). The number of amides is 1. The molecule has 2 aliphatic heterocycles. The van der Waals surface area contributed by atoms with E-state index < -0.39 is 0 Å². The third kappa shape index (κ3) is 4.27. The van der Waals surface area contributed by atoms with Crippen molar-refractivity contribution in [2.45, 2.75) is 49.9 Å². The van der Waals surface area contributed by atoms with Gasteiger partial charge in [0, 0.05) is 19.6 Å². The largest absolute Gasteiger partial charge is 0.342 e. The molecule has 3 nitrogen and oxygen atoms in total. The molecule has 2 aromatic carbocycles. The van der Waals surface area contributed by atoms with Crippen LogP contribution in [-0.4, -0.2) is 48.4 Å². The van der Waals surface area contributed by atoms with Crippen LogP contribution in [0, 0.1) is 11.7 Å². The Bertz CT molecular complexity index is 883. The van der Waals surface area contributed by atoms with Gasteiger partial charge in [0.15, 0.2) is 0 Å². The normalized spacial score (nSPS) is 25.9. The Kier molecular flexibility index (Phi) is 5.83. The molecule has 0 radical (unpaired) electrons. The molecular weight excluding hydrogens is 387 g/mol. The Hall–Kier alpha value is -2.20. The summed E-state index contributed by atoms with van der Waals surface area (Å²) >= 11 is 0. The van der Waals surface area contributed by atoms with Crippen molar-refractivity contribution in [1.29, 1.82) is 0 Å². The van der Waals surface area contributed by atoms with Gasteiger partial charge in [-0.1, -0.05) is 42.5 Å². The van der Waals surface area contributed by atoms with Gasteiger partial charge in [0.2, 0.25) is 5.91 Å². The Morgan fingerprint density at radius 3 is 2.26 bits per heavy atom. The van der Waals surface area contributed by atoms with Crippen LogP contribution in [0.4, 0.5) is 4.39 Å². The zero-order valence-electron chi connectivity index (χ0n) is 18.3. The smallest absolute Gasteiger partial charge is 0.233 e. The van der Waals surface area contributed by atoms with Gasteiger partial charge >= 0.3 is 0 Å². The average molecular weight is 421 g/mol. The van der Waals surface area contributed by atoms with E-state index in [1.807, 2.05) is 18.2 Å². The molecule has 2 atom stereocenters. The van der Waals surface area contributed by atoms with Crippen LogP contribution in [0.2, 0.25) is 0 Å². The SMILES string of the molecule is O=C(N1CCCCC1)C1(c2ccccc2)CCN(C[C@@H]2C[C@@H]2c2ccc(F)cc2)CC1. The van der Waals surface area contributed by atoms with Crippen molar-refractivity contribution in [2.75, 3.05) is 32.7 Å². The Balaban J connectivity index is 1.25. The van der Waals surface area contributed by atoms with E-state index in [4.69, 9.17) is 0 Å². The highest BCUT2D eigenvalue weighted by Crippen LogP contribution is 2.48. The highest BCUT2D eigenvalue weighted by Gasteiger charge is 2.46. The van der Waals surface area contributed by atoms with E-state index in [2.05, 4.69) is 34.1 Å².